The van der Waals surface area contributed by atoms with Gasteiger partial charge >= 0.3 is 6.09 Å². The maximum atomic E-state index is 14.7. The molecule has 2 N–H and O–H groups in total. The number of hydrogen-bond donors (Lipinski definition) is 2. The molecule has 10 nitrogen and oxygen atoms in total. The molecule has 37 heavy (non-hydrogen) atoms. The van der Waals surface area contributed by atoms with Crippen LogP contribution in [0.3, 0.4) is 0 Å². The molecule has 0 spiro atoms. The molecule has 0 radical (unpaired) electrons. The van der Waals surface area contributed by atoms with Crippen molar-refractivity contribution in [1.82, 2.24) is 23.8 Å². The summed E-state index contributed by atoms with van der Waals surface area (Å²) < 4.78 is 42.7. The van der Waals surface area contributed by atoms with Crippen molar-refractivity contribution in [2.24, 2.45) is 0 Å². The molecule has 1 aromatic carbocycles. The fourth-order valence-corrected chi connectivity index (χ4v) is 5.78. The highest BCUT2D eigenvalue weighted by molar-refractivity contribution is 7.90. The van der Waals surface area contributed by atoms with Crippen LogP contribution in [0.15, 0.2) is 53.8 Å². The minimum atomic E-state index is -4.03. The third kappa shape index (κ3) is 4.81. The van der Waals surface area contributed by atoms with Crippen LogP contribution < -0.4 is 5.32 Å². The van der Waals surface area contributed by atoms with Crippen molar-refractivity contribution in [2.75, 3.05) is 18.4 Å². The van der Waals surface area contributed by atoms with Gasteiger partial charge in [-0.05, 0) is 38.0 Å². The number of pyridine rings is 1. The van der Waals surface area contributed by atoms with Crippen LogP contribution in [0.2, 0.25) is 5.02 Å². The lowest BCUT2D eigenvalue weighted by Gasteiger charge is -2.31. The first kappa shape index (κ1) is 24.9. The zero-order valence-electron chi connectivity index (χ0n) is 19.6. The molecule has 192 valence electrons. The molecule has 0 saturated carbocycles. The topological polar surface area (TPSA) is 130 Å². The fourth-order valence-electron chi connectivity index (χ4n) is 4.30. The minimum Gasteiger partial charge on any atom is -0.465 e. The first-order valence-electron chi connectivity index (χ1n) is 11.4. The lowest BCUT2D eigenvalue weighted by Crippen LogP contribution is -2.44. The number of carboxylic acid groups (broad SMARTS) is 1. The molecule has 1 fully saturated rings. The van der Waals surface area contributed by atoms with Gasteiger partial charge in [0.1, 0.15) is 0 Å². The van der Waals surface area contributed by atoms with E-state index in [0.29, 0.717) is 30.3 Å². The van der Waals surface area contributed by atoms with E-state index in [1.807, 2.05) is 6.92 Å². The number of carbonyl (C=O) groups is 1. The van der Waals surface area contributed by atoms with Gasteiger partial charge in [-0.15, -0.1) is 0 Å². The lowest BCUT2D eigenvalue weighted by molar-refractivity contribution is 0.132. The maximum Gasteiger partial charge on any atom is 0.407 e. The monoisotopic (exact) mass is 544 g/mol. The molecule has 0 bridgehead atoms. The van der Waals surface area contributed by atoms with E-state index in [1.54, 1.807) is 18.2 Å². The number of anilines is 1. The van der Waals surface area contributed by atoms with E-state index >= 15 is 0 Å². The molecule has 4 aromatic rings. The summed E-state index contributed by atoms with van der Waals surface area (Å²) in [5.74, 6) is -0.774. The summed E-state index contributed by atoms with van der Waals surface area (Å²) in [6, 6.07) is 7.61. The zero-order chi connectivity index (χ0) is 26.3. The van der Waals surface area contributed by atoms with Crippen LogP contribution in [0.25, 0.3) is 22.4 Å². The first-order valence-corrected chi connectivity index (χ1v) is 13.2. The number of rotatable bonds is 5. The lowest BCUT2D eigenvalue weighted by atomic mass is 10.1. The second-order valence-electron chi connectivity index (χ2n) is 8.78. The Balaban J connectivity index is 1.57. The Morgan fingerprint density at radius 2 is 1.97 bits per heavy atom. The minimum absolute atomic E-state index is 0.0572. The fraction of sp³-hybridized carbons (Fsp3) is 0.250. The van der Waals surface area contributed by atoms with Gasteiger partial charge in [-0.2, -0.15) is 0 Å². The number of nitrogens with zero attached hydrogens (tertiary/aromatic N) is 5. The van der Waals surface area contributed by atoms with Gasteiger partial charge in [-0.1, -0.05) is 29.3 Å². The van der Waals surface area contributed by atoms with Gasteiger partial charge in [0.2, 0.25) is 0 Å². The molecule has 0 aliphatic carbocycles. The van der Waals surface area contributed by atoms with Crippen molar-refractivity contribution < 1.29 is 22.7 Å². The van der Waals surface area contributed by atoms with Gasteiger partial charge in [-0.25, -0.2) is 36.5 Å². The molecule has 5 rings (SSSR count). The Morgan fingerprint density at radius 3 is 2.70 bits per heavy atom. The average Bonchev–Trinajstić information content (AvgIpc) is 3.25. The van der Waals surface area contributed by atoms with Gasteiger partial charge in [0.25, 0.3) is 10.0 Å². The van der Waals surface area contributed by atoms with Gasteiger partial charge < -0.3 is 15.3 Å². The smallest absolute Gasteiger partial charge is 0.407 e. The summed E-state index contributed by atoms with van der Waals surface area (Å²) in [4.78, 5) is 25.3. The Hall–Kier alpha value is -3.77. The van der Waals surface area contributed by atoms with E-state index in [2.05, 4.69) is 20.3 Å². The third-order valence-corrected chi connectivity index (χ3v) is 8.04. The number of amides is 1. The number of aryl methyl sites for hydroxylation is 1. The molecule has 1 amide bonds. The number of hydrogen-bond acceptors (Lipinski definition) is 7. The van der Waals surface area contributed by atoms with Crippen LogP contribution in [0.4, 0.5) is 15.0 Å². The van der Waals surface area contributed by atoms with Crippen LogP contribution in [-0.4, -0.2) is 62.6 Å². The van der Waals surface area contributed by atoms with Gasteiger partial charge in [0, 0.05) is 42.5 Å². The first-order chi connectivity index (χ1) is 17.6. The molecule has 13 heteroatoms. The van der Waals surface area contributed by atoms with Gasteiger partial charge in [0.15, 0.2) is 23.1 Å². The summed E-state index contributed by atoms with van der Waals surface area (Å²) in [6.07, 6.45) is 3.88. The van der Waals surface area contributed by atoms with Crippen LogP contribution >= 0.6 is 11.6 Å². The van der Waals surface area contributed by atoms with Crippen molar-refractivity contribution in [3.8, 4) is 11.4 Å². The molecule has 1 unspecified atom stereocenters. The molecule has 1 atom stereocenters. The van der Waals surface area contributed by atoms with E-state index in [1.165, 1.54) is 29.4 Å². The maximum absolute atomic E-state index is 14.7. The highest BCUT2D eigenvalue weighted by Gasteiger charge is 2.26. The molecule has 4 heterocycles. The standard InChI is InChI=1S/C24H22ClFN6O4S/c1-14-4-6-17(7-5-14)37(35,36)32-13-19(18-9-15(25)10-28-23(18)32)21-27-11-20(26)22(30-21)29-16-3-2-8-31(12-16)24(33)34/h4-7,9-11,13,16H,2-3,8,12H2,1H3,(H,33,34)(H,27,29,30). The quantitative estimate of drug-likeness (QED) is 0.378. The second-order valence-corrected chi connectivity index (χ2v) is 11.0. The van der Waals surface area contributed by atoms with Crippen LogP contribution in [0.5, 0.6) is 0 Å². The van der Waals surface area contributed by atoms with E-state index < -0.39 is 21.9 Å². The van der Waals surface area contributed by atoms with E-state index in [0.717, 1.165) is 15.7 Å². The number of fused-ring (bicyclic) bond motifs is 1. The Morgan fingerprint density at radius 1 is 1.22 bits per heavy atom. The molecule has 1 aliphatic rings. The van der Waals surface area contributed by atoms with Crippen LogP contribution in [0, 0.1) is 12.7 Å². The SMILES string of the molecule is Cc1ccc(S(=O)(=O)n2cc(-c3ncc(F)c(NC4CCCN(C(=O)O)C4)n3)c3cc(Cl)cnc32)cc1. The summed E-state index contributed by atoms with van der Waals surface area (Å²) in [5, 5.41) is 12.9. The predicted octanol–water partition coefficient (Wildman–Crippen LogP) is 4.39. The van der Waals surface area contributed by atoms with Crippen LogP contribution in [-0.2, 0) is 10.0 Å². The number of piperidine rings is 1. The van der Waals surface area contributed by atoms with Crippen molar-refractivity contribution in [3.05, 3.63) is 65.3 Å². The van der Waals surface area contributed by atoms with Crippen molar-refractivity contribution in [2.45, 2.75) is 30.7 Å². The summed E-state index contributed by atoms with van der Waals surface area (Å²) in [7, 11) is -4.03. The summed E-state index contributed by atoms with van der Waals surface area (Å²) in [6.45, 7) is 2.45. The number of likely N-dealkylation sites (tertiary alicyclic amines) is 1. The highest BCUT2D eigenvalue weighted by atomic mass is 35.5. The van der Waals surface area contributed by atoms with E-state index in [9.17, 15) is 22.7 Å². The molecule has 1 aliphatic heterocycles. The second kappa shape index (κ2) is 9.60. The van der Waals surface area contributed by atoms with E-state index in [-0.39, 0.29) is 39.8 Å². The highest BCUT2D eigenvalue weighted by Crippen LogP contribution is 2.33. The zero-order valence-corrected chi connectivity index (χ0v) is 21.2. The van der Waals surface area contributed by atoms with Crippen molar-refractivity contribution in [1.29, 1.82) is 0 Å². The molecular weight excluding hydrogens is 523 g/mol. The van der Waals surface area contributed by atoms with Crippen molar-refractivity contribution in [3.63, 3.8) is 0 Å². The normalized spacial score (nSPS) is 16.2. The predicted molar refractivity (Wildman–Crippen MR) is 136 cm³/mol. The summed E-state index contributed by atoms with van der Waals surface area (Å²) in [5.41, 5.74) is 1.32. The number of nitrogens with one attached hydrogen (secondary N) is 1. The van der Waals surface area contributed by atoms with Crippen LogP contribution in [0.1, 0.15) is 18.4 Å². The Labute approximate surface area is 216 Å². The van der Waals surface area contributed by atoms with E-state index in [4.69, 9.17) is 11.6 Å². The molecular formula is C24H22ClFN6O4S. The third-order valence-electron chi connectivity index (χ3n) is 6.17. The number of aromatic nitrogens is 4. The van der Waals surface area contributed by atoms with Gasteiger partial charge in [-0.3, -0.25) is 0 Å². The molecule has 3 aromatic heterocycles. The number of benzene rings is 1. The largest absolute Gasteiger partial charge is 0.465 e. The molecule has 1 saturated heterocycles. The average molecular weight is 545 g/mol. The summed E-state index contributed by atoms with van der Waals surface area (Å²) >= 11 is 6.17. The van der Waals surface area contributed by atoms with Crippen molar-refractivity contribution >= 4 is 44.6 Å². The Kier molecular flexibility index (Phi) is 6.46. The number of halogens is 2. The van der Waals surface area contributed by atoms with Gasteiger partial charge in [0.05, 0.1) is 16.1 Å². The Bertz CT molecular complexity index is 1610.